The van der Waals surface area contributed by atoms with Crippen molar-refractivity contribution >= 4 is 11.8 Å². The summed E-state index contributed by atoms with van der Waals surface area (Å²) in [5, 5.41) is 0. The fraction of sp³-hybridized carbons (Fsp3) is 0.824. The van der Waals surface area contributed by atoms with Crippen LogP contribution >= 0.6 is 0 Å². The zero-order chi connectivity index (χ0) is 27.2. The van der Waals surface area contributed by atoms with Crippen molar-refractivity contribution in [1.29, 1.82) is 0 Å². The van der Waals surface area contributed by atoms with Gasteiger partial charge in [0.2, 0.25) is 0 Å². The molecule has 0 aromatic heterocycles. The molecule has 0 spiro atoms. The van der Waals surface area contributed by atoms with Gasteiger partial charge in [0.15, 0.2) is 0 Å². The maximum absolute atomic E-state index is 13.6. The first-order valence-electron chi connectivity index (χ1n) is 15.1. The molecule has 206 valence electrons. The minimum atomic E-state index is -0.379. The normalized spacial score (nSPS) is 46.5. The largest absolute Gasteiger partial charge is 0.469 e. The molecule has 0 aromatic carbocycles. The molecule has 0 aliphatic heterocycles. The van der Waals surface area contributed by atoms with Crippen LogP contribution in [0.15, 0.2) is 23.3 Å². The monoisotopic (exact) mass is 508 g/mol. The minimum Gasteiger partial charge on any atom is -0.469 e. The van der Waals surface area contributed by atoms with Crippen LogP contribution in [-0.2, 0) is 14.3 Å². The molecule has 0 bridgehead atoms. The lowest BCUT2D eigenvalue weighted by molar-refractivity contribution is -0.191. The van der Waals surface area contributed by atoms with Gasteiger partial charge >= 0.3 is 5.97 Å². The Morgan fingerprint density at radius 2 is 1.59 bits per heavy atom. The lowest BCUT2D eigenvalue weighted by atomic mass is 9.33. The van der Waals surface area contributed by atoms with E-state index in [9.17, 15) is 9.59 Å². The van der Waals surface area contributed by atoms with Crippen LogP contribution in [0, 0.1) is 50.2 Å². The zero-order valence-electron chi connectivity index (χ0n) is 25.2. The van der Waals surface area contributed by atoms with Gasteiger partial charge in [-0.15, -0.1) is 0 Å². The van der Waals surface area contributed by atoms with E-state index in [-0.39, 0.29) is 44.4 Å². The molecule has 0 amide bonds. The maximum atomic E-state index is 13.6. The minimum absolute atomic E-state index is 0.0258. The number of rotatable bonds is 2. The van der Waals surface area contributed by atoms with Gasteiger partial charge in [-0.05, 0) is 110 Å². The first kappa shape index (κ1) is 27.2. The van der Waals surface area contributed by atoms with E-state index in [0.717, 1.165) is 57.8 Å². The van der Waals surface area contributed by atoms with E-state index < -0.39 is 0 Å². The fourth-order valence-electron chi connectivity index (χ4n) is 11.1. The van der Waals surface area contributed by atoms with Crippen molar-refractivity contribution in [2.24, 2.45) is 50.2 Å². The molecule has 0 saturated heterocycles. The molecule has 7 atom stereocenters. The van der Waals surface area contributed by atoms with Crippen molar-refractivity contribution in [3.05, 3.63) is 23.3 Å². The second kappa shape index (κ2) is 8.31. The highest BCUT2D eigenvalue weighted by molar-refractivity contribution is 5.85. The highest BCUT2D eigenvalue weighted by atomic mass is 16.5. The molecule has 0 radical (unpaired) electrons. The predicted molar refractivity (Wildman–Crippen MR) is 150 cm³/mol. The van der Waals surface area contributed by atoms with E-state index in [1.54, 1.807) is 12.7 Å². The van der Waals surface area contributed by atoms with Crippen molar-refractivity contribution in [2.75, 3.05) is 7.11 Å². The number of allylic oxidation sites excluding steroid dienone is 4. The van der Waals surface area contributed by atoms with Crippen molar-refractivity contribution in [3.8, 4) is 0 Å². The third-order valence-electron chi connectivity index (χ3n) is 13.5. The summed E-state index contributed by atoms with van der Waals surface area (Å²) in [6.07, 6.45) is 14.9. The second-order valence-corrected chi connectivity index (χ2v) is 15.8. The lowest BCUT2D eigenvalue weighted by Crippen LogP contribution is -2.65. The second-order valence-electron chi connectivity index (χ2n) is 15.8. The van der Waals surface area contributed by atoms with Crippen molar-refractivity contribution in [2.45, 2.75) is 120 Å². The van der Waals surface area contributed by atoms with Crippen molar-refractivity contribution < 1.29 is 14.3 Å². The molecule has 0 N–H and O–H groups in total. The number of hydrogen-bond acceptors (Lipinski definition) is 3. The zero-order valence-corrected chi connectivity index (χ0v) is 25.2. The molecule has 5 aliphatic carbocycles. The molecule has 0 aromatic rings. The number of fused-ring (bicyclic) bond motifs is 7. The number of carbonyl (C=O) groups excluding carboxylic acids is 2. The number of hydrogen-bond donors (Lipinski definition) is 0. The van der Waals surface area contributed by atoms with Gasteiger partial charge in [0.05, 0.1) is 12.5 Å². The molecule has 5 aliphatic rings. The number of esters is 1. The third-order valence-corrected chi connectivity index (χ3v) is 13.5. The number of carbonyl (C=O) groups is 2. The lowest BCUT2D eigenvalue weighted by Gasteiger charge is -2.71. The molecule has 4 fully saturated rings. The number of ether oxygens (including phenoxy) is 1. The van der Waals surface area contributed by atoms with Crippen LogP contribution < -0.4 is 0 Å². The Bertz CT molecular complexity index is 1060. The number of methoxy groups -OCH3 is 1. The van der Waals surface area contributed by atoms with Crippen LogP contribution in [0.2, 0.25) is 0 Å². The van der Waals surface area contributed by atoms with Gasteiger partial charge in [0.25, 0.3) is 0 Å². The molecule has 3 heteroatoms. The van der Waals surface area contributed by atoms with E-state index in [4.69, 9.17) is 4.74 Å². The quantitative estimate of drug-likeness (QED) is 0.351. The molecule has 37 heavy (non-hydrogen) atoms. The summed E-state index contributed by atoms with van der Waals surface area (Å²) in [5.74, 6) is 1.74. The summed E-state index contributed by atoms with van der Waals surface area (Å²) >= 11 is 0. The Morgan fingerprint density at radius 3 is 2.24 bits per heavy atom. The van der Waals surface area contributed by atoms with Gasteiger partial charge < -0.3 is 4.74 Å². The van der Waals surface area contributed by atoms with Crippen LogP contribution in [0.3, 0.4) is 0 Å². The Kier molecular flexibility index (Phi) is 6.11. The summed E-state index contributed by atoms with van der Waals surface area (Å²) in [4.78, 5) is 26.7. The molecule has 3 nitrogen and oxygen atoms in total. The fourth-order valence-corrected chi connectivity index (χ4v) is 11.1. The molecular weight excluding hydrogens is 456 g/mol. The first-order valence-corrected chi connectivity index (χ1v) is 15.1. The Balaban J connectivity index is 1.71. The Hall–Kier alpha value is -1.38. The van der Waals surface area contributed by atoms with E-state index in [2.05, 4.69) is 67.5 Å². The Labute approximate surface area is 226 Å². The van der Waals surface area contributed by atoms with Crippen molar-refractivity contribution in [3.63, 3.8) is 0 Å². The molecule has 1 unspecified atom stereocenters. The van der Waals surface area contributed by atoms with Crippen LogP contribution in [0.4, 0.5) is 0 Å². The van der Waals surface area contributed by atoms with Gasteiger partial charge in [-0.2, -0.15) is 0 Å². The summed E-state index contributed by atoms with van der Waals surface area (Å²) in [6, 6.07) is 0. The first-order chi connectivity index (χ1) is 17.1. The highest BCUT2D eigenvalue weighted by Gasteiger charge is 2.70. The van der Waals surface area contributed by atoms with Crippen LogP contribution in [0.1, 0.15) is 120 Å². The molecule has 4 saturated carbocycles. The predicted octanol–water partition coefficient (Wildman–Crippen LogP) is 8.48. The number of Topliss-reactive ketones (excluding diaryl/α,β-unsaturated/α-hetero) is 1. The van der Waals surface area contributed by atoms with E-state index in [1.165, 1.54) is 12.0 Å². The highest BCUT2D eigenvalue weighted by Crippen LogP contribution is 2.76. The molecule has 0 heterocycles. The van der Waals surface area contributed by atoms with Gasteiger partial charge in [0, 0.05) is 11.8 Å². The number of ketones is 1. The van der Waals surface area contributed by atoms with E-state index in [1.807, 2.05) is 0 Å². The summed E-state index contributed by atoms with van der Waals surface area (Å²) in [5.41, 5.74) is 3.09. The SMILES string of the molecule is CC=CC1=C2[C@@H]3CC(C)(C)CC[C@]3(C(=O)OC)CC[C@@]2(C)[C@]2(C)CC[C@H]3C(C)(C)C(=O)CC[C@]3(C)C2C1. The Morgan fingerprint density at radius 1 is 0.919 bits per heavy atom. The summed E-state index contributed by atoms with van der Waals surface area (Å²) in [6.45, 7) is 19.1. The van der Waals surface area contributed by atoms with Crippen LogP contribution in [-0.4, -0.2) is 18.9 Å². The van der Waals surface area contributed by atoms with Crippen LogP contribution in [0.5, 0.6) is 0 Å². The topological polar surface area (TPSA) is 43.4 Å². The van der Waals surface area contributed by atoms with Gasteiger partial charge in [-0.25, -0.2) is 0 Å². The molecular formula is C34H52O3. The summed E-state index contributed by atoms with van der Waals surface area (Å²) in [7, 11) is 1.59. The third kappa shape index (κ3) is 3.43. The molecule has 5 rings (SSSR count). The van der Waals surface area contributed by atoms with Gasteiger partial charge in [0.1, 0.15) is 5.78 Å². The average Bonchev–Trinajstić information content (AvgIpc) is 2.82. The standard InChI is InChI=1S/C34H52O3/c1-10-11-22-20-25-31(6)14-13-26(35)30(4,5)24(31)12-15-32(25,7)33(8)17-19-34(28(36)37-9)18-16-29(2,3)21-23(34)27(22)33/h10-11,23-25H,12-21H2,1-9H3/t23-,24-,25?,31-,32+,33+,34-/m0/s1. The summed E-state index contributed by atoms with van der Waals surface area (Å²) < 4.78 is 5.57. The van der Waals surface area contributed by atoms with E-state index in [0.29, 0.717) is 17.6 Å². The smallest absolute Gasteiger partial charge is 0.312 e. The average molecular weight is 509 g/mol. The van der Waals surface area contributed by atoms with Crippen molar-refractivity contribution in [1.82, 2.24) is 0 Å². The maximum Gasteiger partial charge on any atom is 0.312 e. The van der Waals surface area contributed by atoms with E-state index >= 15 is 0 Å². The van der Waals surface area contributed by atoms with Gasteiger partial charge in [-0.3, -0.25) is 9.59 Å². The van der Waals surface area contributed by atoms with Crippen LogP contribution in [0.25, 0.3) is 0 Å². The van der Waals surface area contributed by atoms with Gasteiger partial charge in [-0.1, -0.05) is 66.2 Å².